The van der Waals surface area contributed by atoms with E-state index in [9.17, 15) is 4.79 Å². The number of aryl methyl sites for hydroxylation is 3. The lowest BCUT2D eigenvalue weighted by Crippen LogP contribution is -2.20. The molecule has 1 unspecified atom stereocenters. The van der Waals surface area contributed by atoms with Crippen molar-refractivity contribution in [3.05, 3.63) is 125 Å². The zero-order chi connectivity index (χ0) is 27.9. The highest BCUT2D eigenvalue weighted by molar-refractivity contribution is 8.00. The molecular weight excluding hydrogens is 516 g/mol. The number of hydrogen-bond acceptors (Lipinski definition) is 5. The molecule has 0 bridgehead atoms. The summed E-state index contributed by atoms with van der Waals surface area (Å²) in [4.78, 5) is 13.8. The standard InChI is InChI=1S/C33H32N4O2S/c1-23-20-24(2)22-27(21-23)34-32(38)30(26-14-8-5-9-15-26)40-33-36-35-31(28-16-10-11-17-29(28)39-3)37(33)19-18-25-12-6-4-7-13-25/h4-17,20-22,30H,18-19H2,1-3H3,(H,34,38). The first kappa shape index (κ1) is 27.2. The van der Waals surface area contributed by atoms with Crippen molar-refractivity contribution < 1.29 is 9.53 Å². The van der Waals surface area contributed by atoms with Crippen LogP contribution in [0.4, 0.5) is 5.69 Å². The number of rotatable bonds is 10. The van der Waals surface area contributed by atoms with Crippen LogP contribution in [-0.2, 0) is 17.8 Å². The third-order valence-corrected chi connectivity index (χ3v) is 7.82. The summed E-state index contributed by atoms with van der Waals surface area (Å²) < 4.78 is 7.74. The lowest BCUT2D eigenvalue weighted by Gasteiger charge is -2.18. The zero-order valence-corrected chi connectivity index (χ0v) is 23.7. The molecule has 40 heavy (non-hydrogen) atoms. The van der Waals surface area contributed by atoms with E-state index in [0.29, 0.717) is 17.5 Å². The average molecular weight is 549 g/mol. The lowest BCUT2D eigenvalue weighted by molar-refractivity contribution is -0.115. The number of carbonyl (C=O) groups is 1. The molecule has 7 heteroatoms. The van der Waals surface area contributed by atoms with E-state index in [1.54, 1.807) is 7.11 Å². The third kappa shape index (κ3) is 6.43. The average Bonchev–Trinajstić information content (AvgIpc) is 3.37. The van der Waals surface area contributed by atoms with Crippen LogP contribution in [0.1, 0.15) is 27.5 Å². The van der Waals surface area contributed by atoms with Crippen molar-refractivity contribution in [2.45, 2.75) is 37.2 Å². The van der Waals surface area contributed by atoms with Gasteiger partial charge in [0.1, 0.15) is 11.0 Å². The molecule has 0 saturated carbocycles. The van der Waals surface area contributed by atoms with Crippen LogP contribution >= 0.6 is 11.8 Å². The molecule has 0 aliphatic heterocycles. The van der Waals surface area contributed by atoms with Gasteiger partial charge in [0.25, 0.3) is 0 Å². The number of hydrogen-bond donors (Lipinski definition) is 1. The maximum atomic E-state index is 13.8. The van der Waals surface area contributed by atoms with Crippen molar-refractivity contribution in [1.29, 1.82) is 0 Å². The summed E-state index contributed by atoms with van der Waals surface area (Å²) in [5.74, 6) is 1.31. The molecule has 0 radical (unpaired) electrons. The Balaban J connectivity index is 1.52. The van der Waals surface area contributed by atoms with Gasteiger partial charge in [-0.15, -0.1) is 10.2 Å². The number of amides is 1. The van der Waals surface area contributed by atoms with Crippen molar-refractivity contribution in [3.8, 4) is 17.1 Å². The number of carbonyl (C=O) groups excluding carboxylic acids is 1. The predicted molar refractivity (Wildman–Crippen MR) is 162 cm³/mol. The Labute approximate surface area is 239 Å². The first-order chi connectivity index (χ1) is 19.5. The van der Waals surface area contributed by atoms with Crippen LogP contribution in [0.5, 0.6) is 5.75 Å². The van der Waals surface area contributed by atoms with Gasteiger partial charge in [0.2, 0.25) is 5.91 Å². The molecule has 1 amide bonds. The molecule has 4 aromatic carbocycles. The molecule has 202 valence electrons. The molecule has 0 fully saturated rings. The van der Waals surface area contributed by atoms with E-state index in [1.165, 1.54) is 17.3 Å². The van der Waals surface area contributed by atoms with Gasteiger partial charge in [-0.05, 0) is 66.8 Å². The van der Waals surface area contributed by atoms with Crippen LogP contribution in [0.2, 0.25) is 0 Å². The maximum absolute atomic E-state index is 13.8. The van der Waals surface area contributed by atoms with E-state index in [2.05, 4.69) is 38.3 Å². The van der Waals surface area contributed by atoms with Crippen molar-refractivity contribution in [1.82, 2.24) is 14.8 Å². The second kappa shape index (κ2) is 12.7. The van der Waals surface area contributed by atoms with E-state index in [-0.39, 0.29) is 5.91 Å². The summed E-state index contributed by atoms with van der Waals surface area (Å²) in [6.45, 7) is 4.70. The van der Waals surface area contributed by atoms with Gasteiger partial charge in [-0.25, -0.2) is 0 Å². The number of methoxy groups -OCH3 is 1. The first-order valence-electron chi connectivity index (χ1n) is 13.2. The molecule has 0 spiro atoms. The van der Waals surface area contributed by atoms with E-state index in [0.717, 1.165) is 40.1 Å². The molecule has 1 atom stereocenters. The number of ether oxygens (including phenoxy) is 1. The Morgan fingerprint density at radius 2 is 1.52 bits per heavy atom. The fourth-order valence-electron chi connectivity index (χ4n) is 4.75. The Morgan fingerprint density at radius 1 is 0.875 bits per heavy atom. The minimum atomic E-state index is -0.535. The summed E-state index contributed by atoms with van der Waals surface area (Å²) in [6, 6.07) is 34.0. The van der Waals surface area contributed by atoms with Crippen molar-refractivity contribution in [2.75, 3.05) is 12.4 Å². The molecule has 1 heterocycles. The van der Waals surface area contributed by atoms with Crippen LogP contribution < -0.4 is 10.1 Å². The van der Waals surface area contributed by atoms with Gasteiger partial charge >= 0.3 is 0 Å². The summed E-state index contributed by atoms with van der Waals surface area (Å²) in [5, 5.41) is 12.5. The molecule has 5 rings (SSSR count). The Bertz CT molecular complexity index is 1560. The topological polar surface area (TPSA) is 69.0 Å². The fraction of sp³-hybridized carbons (Fsp3) is 0.182. The highest BCUT2D eigenvalue weighted by atomic mass is 32.2. The van der Waals surface area contributed by atoms with E-state index in [1.807, 2.05) is 98.8 Å². The number of para-hydroxylation sites is 1. The number of benzene rings is 4. The molecule has 6 nitrogen and oxygen atoms in total. The van der Waals surface area contributed by atoms with Crippen LogP contribution in [0.3, 0.4) is 0 Å². The van der Waals surface area contributed by atoms with Crippen LogP contribution in [0.15, 0.2) is 108 Å². The second-order valence-electron chi connectivity index (χ2n) is 9.67. The van der Waals surface area contributed by atoms with E-state index >= 15 is 0 Å². The lowest BCUT2D eigenvalue weighted by atomic mass is 10.1. The number of nitrogens with one attached hydrogen (secondary N) is 1. The summed E-state index contributed by atoms with van der Waals surface area (Å²) in [5.41, 5.74) is 5.94. The molecular formula is C33H32N4O2S. The molecule has 0 aliphatic carbocycles. The number of thioether (sulfide) groups is 1. The highest BCUT2D eigenvalue weighted by Gasteiger charge is 2.27. The molecule has 0 saturated heterocycles. The number of anilines is 1. The van der Waals surface area contributed by atoms with Crippen molar-refractivity contribution >= 4 is 23.4 Å². The Kier molecular flexibility index (Phi) is 8.62. The van der Waals surface area contributed by atoms with Crippen molar-refractivity contribution in [3.63, 3.8) is 0 Å². The van der Waals surface area contributed by atoms with E-state index in [4.69, 9.17) is 4.74 Å². The summed E-state index contributed by atoms with van der Waals surface area (Å²) in [6.07, 6.45) is 0.791. The maximum Gasteiger partial charge on any atom is 0.242 e. The number of nitrogens with zero attached hydrogens (tertiary/aromatic N) is 3. The predicted octanol–water partition coefficient (Wildman–Crippen LogP) is 7.29. The normalized spacial score (nSPS) is 11.7. The smallest absolute Gasteiger partial charge is 0.242 e. The number of aromatic nitrogens is 3. The van der Waals surface area contributed by atoms with Gasteiger partial charge in [-0.3, -0.25) is 4.79 Å². The first-order valence-corrected chi connectivity index (χ1v) is 14.1. The van der Waals surface area contributed by atoms with Crippen LogP contribution in [0, 0.1) is 13.8 Å². The quantitative estimate of drug-likeness (QED) is 0.186. The van der Waals surface area contributed by atoms with Crippen molar-refractivity contribution in [2.24, 2.45) is 0 Å². The Morgan fingerprint density at radius 3 is 2.23 bits per heavy atom. The summed E-state index contributed by atoms with van der Waals surface area (Å²) in [7, 11) is 1.65. The molecule has 0 aliphatic rings. The van der Waals surface area contributed by atoms with Gasteiger partial charge in [0.15, 0.2) is 11.0 Å². The van der Waals surface area contributed by atoms with Crippen LogP contribution in [0.25, 0.3) is 11.4 Å². The fourth-order valence-corrected chi connectivity index (χ4v) is 5.82. The zero-order valence-electron chi connectivity index (χ0n) is 22.9. The highest BCUT2D eigenvalue weighted by Crippen LogP contribution is 2.38. The van der Waals surface area contributed by atoms with Gasteiger partial charge in [0.05, 0.1) is 12.7 Å². The minimum Gasteiger partial charge on any atom is -0.496 e. The molecule has 5 aromatic rings. The monoisotopic (exact) mass is 548 g/mol. The van der Waals surface area contributed by atoms with Gasteiger partial charge in [-0.2, -0.15) is 0 Å². The largest absolute Gasteiger partial charge is 0.496 e. The SMILES string of the molecule is COc1ccccc1-c1nnc(SC(C(=O)Nc2cc(C)cc(C)c2)c2ccccc2)n1CCc1ccccc1. The van der Waals surface area contributed by atoms with Gasteiger partial charge in [0, 0.05) is 12.2 Å². The second-order valence-corrected chi connectivity index (χ2v) is 10.7. The third-order valence-electron chi connectivity index (χ3n) is 6.58. The van der Waals surface area contributed by atoms with Crippen LogP contribution in [-0.4, -0.2) is 27.8 Å². The minimum absolute atomic E-state index is 0.113. The van der Waals surface area contributed by atoms with E-state index < -0.39 is 5.25 Å². The Hall–Kier alpha value is -4.36. The summed E-state index contributed by atoms with van der Waals surface area (Å²) >= 11 is 1.40. The van der Waals surface area contributed by atoms with Gasteiger partial charge < -0.3 is 14.6 Å². The molecule has 1 N–H and O–H groups in total. The van der Waals surface area contributed by atoms with Gasteiger partial charge in [-0.1, -0.05) is 90.6 Å². The molecule has 1 aromatic heterocycles.